The summed E-state index contributed by atoms with van der Waals surface area (Å²) < 4.78 is 11.4. The van der Waals surface area contributed by atoms with Crippen LogP contribution >= 0.6 is 0 Å². The molecule has 7 nitrogen and oxygen atoms in total. The Morgan fingerprint density at radius 1 is 1.15 bits per heavy atom. The molecule has 0 radical (unpaired) electrons. The third kappa shape index (κ3) is 3.42. The Balaban J connectivity index is 1.86. The summed E-state index contributed by atoms with van der Waals surface area (Å²) in [5.74, 6) is 0.345. The van der Waals surface area contributed by atoms with Gasteiger partial charge in [-0.15, -0.1) is 4.48 Å². The second-order valence-corrected chi connectivity index (χ2v) is 9.08. The van der Waals surface area contributed by atoms with Gasteiger partial charge in [-0.05, 0) is 54.8 Å². The van der Waals surface area contributed by atoms with Crippen LogP contribution in [0.2, 0.25) is 0 Å². The number of amides is 3. The van der Waals surface area contributed by atoms with Gasteiger partial charge in [0.05, 0.1) is 12.9 Å². The topological polar surface area (TPSA) is 103 Å². The van der Waals surface area contributed by atoms with E-state index in [1.165, 1.54) is 0 Å². The molecule has 0 spiro atoms. The Morgan fingerprint density at radius 3 is 2.44 bits per heavy atom. The molecule has 3 N–H and O–H groups in total. The Labute approximate surface area is 199 Å². The first-order valence-electron chi connectivity index (χ1n) is 12.0. The van der Waals surface area contributed by atoms with E-state index in [1.54, 1.807) is 30.5 Å². The fourth-order valence-corrected chi connectivity index (χ4v) is 5.55. The number of likely N-dealkylation sites (tertiary alicyclic amines) is 1. The summed E-state index contributed by atoms with van der Waals surface area (Å²) >= 11 is 0. The summed E-state index contributed by atoms with van der Waals surface area (Å²) in [5.41, 5.74) is 7.61. The lowest BCUT2D eigenvalue weighted by Crippen LogP contribution is -2.85. The molecule has 1 saturated heterocycles. The number of furan rings is 1. The molecule has 180 valence electrons. The lowest BCUT2D eigenvalue weighted by Gasteiger charge is -2.58. The van der Waals surface area contributed by atoms with Crippen molar-refractivity contribution in [2.45, 2.75) is 65.3 Å². The first-order chi connectivity index (χ1) is 16.4. The largest absolute Gasteiger partial charge is 0.464 e. The number of benzene rings is 2. The number of primary amides is 1. The number of imide groups is 1. The van der Waals surface area contributed by atoms with Gasteiger partial charge < -0.3 is 20.0 Å². The number of urea groups is 1. The molecular formula is C27H33N2O5+. The molecule has 3 amide bonds. The van der Waals surface area contributed by atoms with Crippen molar-refractivity contribution in [1.82, 2.24) is 0 Å². The van der Waals surface area contributed by atoms with Crippen LogP contribution in [0.3, 0.4) is 0 Å². The fourth-order valence-electron chi connectivity index (χ4n) is 5.55. The van der Waals surface area contributed by atoms with Crippen LogP contribution in [0, 0.1) is 5.41 Å². The van der Waals surface area contributed by atoms with Gasteiger partial charge in [0.2, 0.25) is 0 Å². The first kappa shape index (κ1) is 24.0. The van der Waals surface area contributed by atoms with Crippen LogP contribution < -0.4 is 10.5 Å². The molecule has 3 atom stereocenters. The van der Waals surface area contributed by atoms with Crippen LogP contribution in [0.4, 0.5) is 4.79 Å². The van der Waals surface area contributed by atoms with Gasteiger partial charge in [-0.25, -0.2) is 9.59 Å². The van der Waals surface area contributed by atoms with E-state index in [-0.39, 0.29) is 12.5 Å². The van der Waals surface area contributed by atoms with Gasteiger partial charge in [0.15, 0.2) is 5.41 Å². The zero-order chi connectivity index (χ0) is 24.5. The molecule has 1 unspecified atom stereocenters. The molecule has 1 aromatic heterocycles. The fraction of sp³-hybridized carbons (Fsp3) is 0.407. The standard InChI is InChI=1S/C27H32N2O5/c1-4-7-22(19-10-13-23-20(16-19)14-15-33-23)29(26(28)32)24(31)27(5-2,6-3)25(29)34-21-11-8-18(17-30)9-12-21/h8-16,22,25,30H,4-7,17H2,1-3H3,(H-,28,32)/p+1/t22?,25-,29-/m0/s1. The predicted octanol–water partition coefficient (Wildman–Crippen LogP) is 5.41. The van der Waals surface area contributed by atoms with E-state index in [1.807, 2.05) is 45.0 Å². The number of hydrogen-bond donors (Lipinski definition) is 2. The summed E-state index contributed by atoms with van der Waals surface area (Å²) in [5, 5.41) is 10.3. The minimum Gasteiger partial charge on any atom is -0.464 e. The maximum absolute atomic E-state index is 14.1. The molecule has 0 saturated carbocycles. The summed E-state index contributed by atoms with van der Waals surface area (Å²) in [6.07, 6.45) is 3.29. The van der Waals surface area contributed by atoms with E-state index in [2.05, 4.69) is 0 Å². The SMILES string of the molecule is CCCC(c1ccc2occc2c1)[N@+]1(C(N)=O)C(=O)C(CC)(CC)[C@@H]1Oc1ccc(CO)cc1. The number of fused-ring (bicyclic) bond motifs is 1. The number of nitrogens with zero attached hydrogens (tertiary/aromatic N) is 1. The van der Waals surface area contributed by atoms with Crippen LogP contribution in [0.15, 0.2) is 59.2 Å². The van der Waals surface area contributed by atoms with E-state index < -0.39 is 28.2 Å². The third-order valence-electron chi connectivity index (χ3n) is 7.50. The van der Waals surface area contributed by atoms with Crippen LogP contribution in [-0.4, -0.2) is 27.8 Å². The number of carbonyl (C=O) groups excluding carboxylic acids is 2. The Hall–Kier alpha value is -3.16. The van der Waals surface area contributed by atoms with Crippen molar-refractivity contribution in [3.63, 3.8) is 0 Å². The number of rotatable bonds is 9. The molecule has 3 aromatic rings. The summed E-state index contributed by atoms with van der Waals surface area (Å²) in [7, 11) is 0. The van der Waals surface area contributed by atoms with Crippen molar-refractivity contribution in [3.8, 4) is 5.75 Å². The van der Waals surface area contributed by atoms with Crippen molar-refractivity contribution in [2.75, 3.05) is 0 Å². The summed E-state index contributed by atoms with van der Waals surface area (Å²) in [6, 6.07) is 13.5. The summed E-state index contributed by atoms with van der Waals surface area (Å²) in [4.78, 5) is 27.3. The highest BCUT2D eigenvalue weighted by molar-refractivity contribution is 5.92. The van der Waals surface area contributed by atoms with Crippen molar-refractivity contribution in [2.24, 2.45) is 11.1 Å². The highest BCUT2D eigenvalue weighted by atomic mass is 16.5. The molecule has 1 fully saturated rings. The highest BCUT2D eigenvalue weighted by Crippen LogP contribution is 2.57. The molecule has 1 aliphatic rings. The maximum atomic E-state index is 14.1. The molecule has 0 aliphatic carbocycles. The third-order valence-corrected chi connectivity index (χ3v) is 7.50. The molecule has 2 heterocycles. The van der Waals surface area contributed by atoms with Gasteiger partial charge >= 0.3 is 11.9 Å². The van der Waals surface area contributed by atoms with Gasteiger partial charge in [0.1, 0.15) is 17.4 Å². The first-order valence-corrected chi connectivity index (χ1v) is 12.0. The van der Waals surface area contributed by atoms with Crippen LogP contribution in [0.25, 0.3) is 11.0 Å². The zero-order valence-electron chi connectivity index (χ0n) is 20.0. The quantitative estimate of drug-likeness (QED) is 0.325. The normalized spacial score (nSPS) is 22.4. The van der Waals surface area contributed by atoms with Crippen LogP contribution in [0.1, 0.15) is 63.6 Å². The van der Waals surface area contributed by atoms with Crippen molar-refractivity contribution in [1.29, 1.82) is 0 Å². The smallest absolute Gasteiger partial charge is 0.425 e. The number of aliphatic hydroxyl groups excluding tert-OH is 1. The lowest BCUT2D eigenvalue weighted by atomic mass is 9.67. The zero-order valence-corrected chi connectivity index (χ0v) is 20.0. The van der Waals surface area contributed by atoms with Crippen LogP contribution in [-0.2, 0) is 11.4 Å². The molecular weight excluding hydrogens is 432 g/mol. The second-order valence-electron chi connectivity index (χ2n) is 9.08. The average molecular weight is 466 g/mol. The van der Waals surface area contributed by atoms with E-state index in [0.29, 0.717) is 25.0 Å². The van der Waals surface area contributed by atoms with Crippen molar-refractivity contribution < 1.29 is 28.3 Å². The Bertz CT molecular complexity index is 1180. The van der Waals surface area contributed by atoms with Crippen molar-refractivity contribution >= 4 is 22.9 Å². The number of hydrogen-bond acceptors (Lipinski definition) is 5. The number of β-lactam (4-membered cyclic amide) rings is 1. The number of nitrogens with two attached hydrogens (primary N) is 1. The maximum Gasteiger partial charge on any atom is 0.425 e. The molecule has 0 bridgehead atoms. The van der Waals surface area contributed by atoms with Gasteiger partial charge in [-0.1, -0.05) is 39.3 Å². The number of ether oxygens (including phenoxy) is 1. The number of aliphatic hydroxyl groups is 1. The molecule has 4 rings (SSSR count). The van der Waals surface area contributed by atoms with E-state index >= 15 is 0 Å². The van der Waals surface area contributed by atoms with Gasteiger partial charge in [0.25, 0.3) is 6.23 Å². The summed E-state index contributed by atoms with van der Waals surface area (Å²) in [6.45, 7) is 5.86. The lowest BCUT2D eigenvalue weighted by molar-refractivity contribution is -0.902. The number of carbonyl (C=O) groups is 2. The molecule has 1 aliphatic heterocycles. The minimum absolute atomic E-state index is 0.0770. The number of quaternary nitrogens is 1. The predicted molar refractivity (Wildman–Crippen MR) is 129 cm³/mol. The molecule has 7 heteroatoms. The highest BCUT2D eigenvalue weighted by Gasteiger charge is 2.79. The Kier molecular flexibility index (Phi) is 6.51. The Morgan fingerprint density at radius 2 is 1.85 bits per heavy atom. The minimum atomic E-state index is -0.823. The van der Waals surface area contributed by atoms with E-state index in [9.17, 15) is 14.7 Å². The monoisotopic (exact) mass is 465 g/mol. The molecule has 2 aromatic carbocycles. The molecule has 34 heavy (non-hydrogen) atoms. The van der Waals surface area contributed by atoms with Gasteiger partial charge in [0, 0.05) is 17.4 Å². The average Bonchev–Trinajstić information content (AvgIpc) is 3.32. The van der Waals surface area contributed by atoms with Crippen molar-refractivity contribution in [3.05, 3.63) is 65.9 Å². The van der Waals surface area contributed by atoms with Gasteiger partial charge in [-0.2, -0.15) is 0 Å². The van der Waals surface area contributed by atoms with E-state index in [0.717, 1.165) is 28.5 Å². The second kappa shape index (κ2) is 9.24. The van der Waals surface area contributed by atoms with Gasteiger partial charge in [-0.3, -0.25) is 0 Å². The van der Waals surface area contributed by atoms with E-state index in [4.69, 9.17) is 14.9 Å². The van der Waals surface area contributed by atoms with Crippen LogP contribution in [0.5, 0.6) is 5.75 Å².